The van der Waals surface area contributed by atoms with E-state index in [0.29, 0.717) is 10.7 Å². The summed E-state index contributed by atoms with van der Waals surface area (Å²) in [4.78, 5) is 46.3. The van der Waals surface area contributed by atoms with E-state index in [4.69, 9.17) is 11.6 Å². The third kappa shape index (κ3) is 9.34. The van der Waals surface area contributed by atoms with Gasteiger partial charge in [0.25, 0.3) is 0 Å². The van der Waals surface area contributed by atoms with Crippen molar-refractivity contribution in [3.05, 3.63) is 141 Å². The van der Waals surface area contributed by atoms with Crippen LogP contribution in [0.25, 0.3) is 43.6 Å². The molecule has 4 aromatic carbocycles. The van der Waals surface area contributed by atoms with Gasteiger partial charge in [0.1, 0.15) is 5.15 Å². The fourth-order valence-corrected chi connectivity index (χ4v) is 7.77. The minimum Gasteiger partial charge on any atom is -0.350 e. The van der Waals surface area contributed by atoms with Crippen LogP contribution in [0.5, 0.6) is 0 Å². The molecule has 8 rings (SSSR count). The van der Waals surface area contributed by atoms with Crippen LogP contribution >= 0.6 is 11.6 Å². The molecule has 9 heteroatoms. The lowest BCUT2D eigenvalue weighted by molar-refractivity contribution is 0.0939. The minimum absolute atomic E-state index is 0.0104. The summed E-state index contributed by atoms with van der Waals surface area (Å²) < 4.78 is 7.84. The van der Waals surface area contributed by atoms with Gasteiger partial charge in [0.2, 0.25) is 0 Å². The largest absolute Gasteiger partial charge is 0.350 e. The maximum Gasteiger partial charge on any atom is 0.167 e. The molecule has 0 saturated carbocycles. The minimum atomic E-state index is 0.0104. The van der Waals surface area contributed by atoms with E-state index in [1.54, 1.807) is 20.8 Å². The van der Waals surface area contributed by atoms with Gasteiger partial charge in [-0.05, 0) is 97.0 Å². The Morgan fingerprint density at radius 2 is 0.797 bits per heavy atom. The van der Waals surface area contributed by atoms with Crippen molar-refractivity contribution in [3.63, 3.8) is 0 Å². The Morgan fingerprint density at radius 3 is 1.14 bits per heavy atom. The molecule has 0 aliphatic heterocycles. The van der Waals surface area contributed by atoms with Crippen LogP contribution in [0.1, 0.15) is 98.3 Å². The number of carbonyl (C=O) groups is 4. The summed E-state index contributed by atoms with van der Waals surface area (Å²) in [6, 6.07) is 24.6. The molecule has 306 valence electrons. The van der Waals surface area contributed by atoms with Crippen LogP contribution in [-0.4, -0.2) is 41.4 Å². The second-order valence-electron chi connectivity index (χ2n) is 16.0. The average molecular weight is 811 g/mol. The van der Waals surface area contributed by atoms with Gasteiger partial charge in [-0.3, -0.25) is 19.2 Å². The van der Waals surface area contributed by atoms with Crippen LogP contribution in [0.3, 0.4) is 0 Å². The topological polar surface area (TPSA) is 88.0 Å². The predicted molar refractivity (Wildman–Crippen MR) is 245 cm³/mol. The Morgan fingerprint density at radius 1 is 0.475 bits per heavy atom. The Hall–Kier alpha value is -5.99. The zero-order valence-electron chi connectivity index (χ0n) is 36.5. The van der Waals surface area contributed by atoms with Gasteiger partial charge >= 0.3 is 0 Å². The van der Waals surface area contributed by atoms with E-state index in [9.17, 15) is 19.2 Å². The monoisotopic (exact) mass is 810 g/mol. The summed E-state index contributed by atoms with van der Waals surface area (Å²) >= 11 is 6.13. The normalized spacial score (nSPS) is 11.0. The third-order valence-electron chi connectivity index (χ3n) is 10.6. The molecule has 0 N–H and O–H groups in total. The standard InChI is InChI=1S/C14H17NO.C12H12ClNO.2C12H13NO/c1-9(2)14(16)12-8-15(4)13-6-5-10(3)7-11(12)13;1-7-4-5-10-9(6-7)11(8(2)15)12(13)14(10)3;2*1-8-4-5-12-10(6-8)11(9(2)14)7-13(12)3/h5-9H,1-4H3;4-6H,1-3H3;2*4-7H,1-3H3. The number of carbonyl (C=O) groups excluding carboxylic acids is 4. The SMILES string of the molecule is CC(=O)c1c(Cl)n(C)c2ccc(C)cc12.CC(=O)c1cn(C)c2ccc(C)cc12.CC(=O)c1cn(C)c2ccc(C)cc12.Cc1ccc2c(c1)c(C(=O)C(C)C)cn2C. The van der Waals surface area contributed by atoms with Crippen molar-refractivity contribution in [1.82, 2.24) is 18.3 Å². The van der Waals surface area contributed by atoms with E-state index in [0.717, 1.165) is 65.9 Å². The van der Waals surface area contributed by atoms with Crippen molar-refractivity contribution in [1.29, 1.82) is 0 Å². The summed E-state index contributed by atoms with van der Waals surface area (Å²) in [6.07, 6.45) is 5.73. The van der Waals surface area contributed by atoms with Crippen LogP contribution < -0.4 is 0 Å². The van der Waals surface area contributed by atoms with Gasteiger partial charge in [0, 0.05) is 113 Å². The van der Waals surface area contributed by atoms with Gasteiger partial charge < -0.3 is 18.3 Å². The molecule has 0 amide bonds. The highest BCUT2D eigenvalue weighted by Gasteiger charge is 2.18. The molecule has 0 fully saturated rings. The van der Waals surface area contributed by atoms with E-state index in [-0.39, 0.29) is 29.1 Å². The van der Waals surface area contributed by atoms with E-state index < -0.39 is 0 Å². The molecule has 0 spiro atoms. The fourth-order valence-electron chi connectivity index (χ4n) is 7.45. The zero-order valence-corrected chi connectivity index (χ0v) is 37.3. The van der Waals surface area contributed by atoms with Gasteiger partial charge in [-0.25, -0.2) is 0 Å². The number of rotatable bonds is 5. The first kappa shape index (κ1) is 44.1. The number of aryl methyl sites for hydroxylation is 8. The number of fused-ring (bicyclic) bond motifs is 4. The molecule has 8 aromatic rings. The molecule has 8 nitrogen and oxygen atoms in total. The summed E-state index contributed by atoms with van der Waals surface area (Å²) in [6.45, 7) is 16.8. The van der Waals surface area contributed by atoms with Gasteiger partial charge in [0.15, 0.2) is 23.1 Å². The van der Waals surface area contributed by atoms with Gasteiger partial charge in [-0.2, -0.15) is 0 Å². The molecular weight excluding hydrogens is 756 g/mol. The van der Waals surface area contributed by atoms with E-state index in [1.165, 1.54) is 16.7 Å². The average Bonchev–Trinajstić information content (AvgIpc) is 3.86. The maximum atomic E-state index is 12.1. The molecular formula is C50H55ClN4O4. The molecule has 4 aromatic heterocycles. The van der Waals surface area contributed by atoms with Gasteiger partial charge in [0.05, 0.1) is 5.56 Å². The number of Topliss-reactive ketones (excluding diaryl/α,β-unsaturated/α-hetero) is 4. The summed E-state index contributed by atoms with van der Waals surface area (Å²) in [5, 5.41) is 4.64. The summed E-state index contributed by atoms with van der Waals surface area (Å²) in [7, 11) is 7.77. The van der Waals surface area contributed by atoms with Crippen molar-refractivity contribution in [3.8, 4) is 0 Å². The number of hydrogen-bond donors (Lipinski definition) is 0. The molecule has 0 atom stereocenters. The molecule has 4 heterocycles. The number of halogens is 1. The molecule has 0 saturated heterocycles. The van der Waals surface area contributed by atoms with Crippen molar-refractivity contribution >= 4 is 78.3 Å². The maximum absolute atomic E-state index is 12.1. The Bertz CT molecular complexity index is 2820. The zero-order chi connectivity index (χ0) is 43.6. The number of benzene rings is 4. The quantitative estimate of drug-likeness (QED) is 0.162. The highest BCUT2D eigenvalue weighted by molar-refractivity contribution is 6.35. The second-order valence-corrected chi connectivity index (χ2v) is 16.3. The van der Waals surface area contributed by atoms with Crippen molar-refractivity contribution < 1.29 is 19.2 Å². The highest BCUT2D eigenvalue weighted by atomic mass is 35.5. The lowest BCUT2D eigenvalue weighted by Crippen LogP contribution is -2.06. The number of nitrogens with zero attached hydrogens (tertiary/aromatic N) is 4. The van der Waals surface area contributed by atoms with Gasteiger partial charge in [-0.15, -0.1) is 0 Å². The molecule has 0 unspecified atom stereocenters. The van der Waals surface area contributed by atoms with Gasteiger partial charge in [-0.1, -0.05) is 72.0 Å². The molecule has 59 heavy (non-hydrogen) atoms. The molecule has 0 aliphatic carbocycles. The first-order chi connectivity index (χ1) is 27.7. The van der Waals surface area contributed by atoms with E-state index in [2.05, 4.69) is 61.5 Å². The first-order valence-electron chi connectivity index (χ1n) is 19.7. The predicted octanol–water partition coefficient (Wildman–Crippen LogP) is 12.0. The van der Waals surface area contributed by atoms with Crippen molar-refractivity contribution in [2.24, 2.45) is 34.1 Å². The third-order valence-corrected chi connectivity index (χ3v) is 11.1. The summed E-state index contributed by atoms with van der Waals surface area (Å²) in [5.74, 6) is 0.529. The Kier molecular flexibility index (Phi) is 13.4. The number of aromatic nitrogens is 4. The molecule has 0 radical (unpaired) electrons. The van der Waals surface area contributed by atoms with Crippen molar-refractivity contribution in [2.75, 3.05) is 0 Å². The van der Waals surface area contributed by atoms with Crippen LogP contribution in [0.4, 0.5) is 0 Å². The Labute approximate surface area is 352 Å². The smallest absolute Gasteiger partial charge is 0.167 e. The lowest BCUT2D eigenvalue weighted by atomic mass is 10.00. The van der Waals surface area contributed by atoms with E-state index >= 15 is 0 Å². The van der Waals surface area contributed by atoms with Crippen LogP contribution in [-0.2, 0) is 28.2 Å². The number of hydrogen-bond acceptors (Lipinski definition) is 4. The van der Waals surface area contributed by atoms with Crippen molar-refractivity contribution in [2.45, 2.75) is 62.3 Å². The van der Waals surface area contributed by atoms with Crippen LogP contribution in [0, 0.1) is 33.6 Å². The lowest BCUT2D eigenvalue weighted by Gasteiger charge is -2.02. The summed E-state index contributed by atoms with van der Waals surface area (Å²) in [5.41, 5.74) is 12.1. The Balaban J connectivity index is 0.000000150. The first-order valence-corrected chi connectivity index (χ1v) is 20.1. The fraction of sp³-hybridized carbons (Fsp3) is 0.280. The second kappa shape index (κ2) is 17.9. The highest BCUT2D eigenvalue weighted by Crippen LogP contribution is 2.30. The van der Waals surface area contributed by atoms with Crippen LogP contribution in [0.15, 0.2) is 91.4 Å². The molecule has 0 bridgehead atoms. The number of ketones is 4. The molecule has 0 aliphatic rings. The van der Waals surface area contributed by atoms with Crippen LogP contribution in [0.2, 0.25) is 5.15 Å². The van der Waals surface area contributed by atoms with E-state index in [1.807, 2.05) is 118 Å².